The summed E-state index contributed by atoms with van der Waals surface area (Å²) < 4.78 is 0. The second-order valence-electron chi connectivity index (χ2n) is 6.92. The van der Waals surface area contributed by atoms with Gasteiger partial charge in [-0.15, -0.1) is 0 Å². The van der Waals surface area contributed by atoms with Crippen LogP contribution in [0.3, 0.4) is 0 Å². The van der Waals surface area contributed by atoms with Gasteiger partial charge in [0, 0.05) is 30.3 Å². The summed E-state index contributed by atoms with van der Waals surface area (Å²) in [5.41, 5.74) is 3.11. The number of urea groups is 1. The summed E-state index contributed by atoms with van der Waals surface area (Å²) in [4.78, 5) is 15.4. The summed E-state index contributed by atoms with van der Waals surface area (Å²) in [5.74, 6) is 0. The van der Waals surface area contributed by atoms with Crippen molar-refractivity contribution in [1.29, 1.82) is 0 Å². The normalized spacial score (nSPS) is 18.1. The number of hydrogen-bond donors (Lipinski definition) is 5. The van der Waals surface area contributed by atoms with Crippen LogP contribution in [0.5, 0.6) is 0 Å². The predicted molar refractivity (Wildman–Crippen MR) is 114 cm³/mol. The van der Waals surface area contributed by atoms with E-state index in [2.05, 4.69) is 33.1 Å². The second-order valence-corrected chi connectivity index (χ2v) is 6.92. The van der Waals surface area contributed by atoms with E-state index in [0.717, 1.165) is 49.0 Å². The summed E-state index contributed by atoms with van der Waals surface area (Å²) in [5, 5.41) is 19.3. The molecule has 28 heavy (non-hydrogen) atoms. The van der Waals surface area contributed by atoms with Crippen LogP contribution in [0, 0.1) is 0 Å². The monoisotopic (exact) mass is 380 g/mol. The number of nitrogens with one attached hydrogen (secondary N) is 4. The number of carbonyl (C=O) groups excluding carboxylic acids is 1. The summed E-state index contributed by atoms with van der Waals surface area (Å²) in [6.45, 7) is 2.37. The molecule has 2 aromatic rings. The number of aromatic amines is 1. The quantitative estimate of drug-likeness (QED) is 0.375. The van der Waals surface area contributed by atoms with Crippen molar-refractivity contribution in [3.63, 3.8) is 0 Å². The first-order valence-electron chi connectivity index (χ1n) is 9.75. The number of aromatic nitrogens is 1. The molecule has 5 N–H and O–H groups in total. The zero-order chi connectivity index (χ0) is 19.6. The fourth-order valence-corrected chi connectivity index (χ4v) is 3.30. The first-order valence-corrected chi connectivity index (χ1v) is 9.75. The minimum Gasteiger partial charge on any atom is -0.516 e. The van der Waals surface area contributed by atoms with Gasteiger partial charge in [-0.25, -0.2) is 4.79 Å². The van der Waals surface area contributed by atoms with E-state index in [4.69, 9.17) is 5.11 Å². The minimum atomic E-state index is -0.134. The van der Waals surface area contributed by atoms with E-state index in [0.29, 0.717) is 13.0 Å². The Morgan fingerprint density at radius 1 is 1.32 bits per heavy atom. The van der Waals surface area contributed by atoms with Crippen molar-refractivity contribution in [3.05, 3.63) is 66.1 Å². The van der Waals surface area contributed by atoms with E-state index in [-0.39, 0.29) is 12.1 Å². The van der Waals surface area contributed by atoms with Crippen molar-refractivity contribution in [2.75, 3.05) is 19.6 Å². The van der Waals surface area contributed by atoms with E-state index >= 15 is 0 Å². The largest absolute Gasteiger partial charge is 0.516 e. The number of rotatable bonds is 7. The molecule has 3 rings (SSSR count). The number of benzene rings is 1. The van der Waals surface area contributed by atoms with Gasteiger partial charge in [0.15, 0.2) is 0 Å². The number of H-pyrrole nitrogens is 1. The van der Waals surface area contributed by atoms with Crippen LogP contribution in [0.15, 0.2) is 60.4 Å². The average Bonchev–Trinajstić information content (AvgIpc) is 3.13. The standard InChI is InChI=1S/C22H28N4O2/c27-14-4-5-17(9-10-19-15-18-6-1-2-8-21(18)25-19)11-13-24-22(28)26-20-7-3-12-23-16-20/h1-2,4-6,8-10,14-15,20,23,25,27H,3,7,11-13,16H2,(H2,24,26,28)/b10-9+,14-4+,17-5+/t20-/m1/s1. The number of hydrogen-bond acceptors (Lipinski definition) is 3. The van der Waals surface area contributed by atoms with Crippen molar-refractivity contribution >= 4 is 23.0 Å². The van der Waals surface area contributed by atoms with E-state index in [1.165, 1.54) is 5.39 Å². The Kier molecular flexibility index (Phi) is 7.32. The van der Waals surface area contributed by atoms with Crippen LogP contribution >= 0.6 is 0 Å². The van der Waals surface area contributed by atoms with Gasteiger partial charge < -0.3 is 26.0 Å². The Bertz CT molecular complexity index is 827. The Morgan fingerprint density at radius 2 is 2.21 bits per heavy atom. The molecule has 148 valence electrons. The highest BCUT2D eigenvalue weighted by atomic mass is 16.2. The molecule has 6 heteroatoms. The lowest BCUT2D eigenvalue weighted by molar-refractivity contribution is 0.234. The fourth-order valence-electron chi connectivity index (χ4n) is 3.30. The van der Waals surface area contributed by atoms with Gasteiger partial charge in [0.2, 0.25) is 0 Å². The molecule has 0 radical (unpaired) electrons. The SMILES string of the molecule is O=C(NCCC(=C/C=C/O)/C=C/c1cc2ccccc2[nH]1)N[C@@H]1CCCNC1. The Hall–Kier alpha value is -2.99. The number of para-hydroxylation sites is 1. The molecular formula is C22H28N4O2. The molecule has 2 heterocycles. The number of allylic oxidation sites excluding steroid dienone is 3. The third kappa shape index (κ3) is 6.03. The van der Waals surface area contributed by atoms with Gasteiger partial charge in [-0.1, -0.05) is 30.4 Å². The van der Waals surface area contributed by atoms with Gasteiger partial charge >= 0.3 is 6.03 Å². The van der Waals surface area contributed by atoms with Gasteiger partial charge in [-0.05, 0) is 61.1 Å². The Balaban J connectivity index is 1.52. The molecule has 6 nitrogen and oxygen atoms in total. The third-order valence-electron chi connectivity index (χ3n) is 4.76. The average molecular weight is 380 g/mol. The molecule has 1 fully saturated rings. The molecule has 0 aliphatic carbocycles. The number of fused-ring (bicyclic) bond motifs is 1. The summed E-state index contributed by atoms with van der Waals surface area (Å²) in [6.07, 6.45) is 11.2. The number of aliphatic hydroxyl groups is 1. The molecule has 1 atom stereocenters. The van der Waals surface area contributed by atoms with Crippen LogP contribution < -0.4 is 16.0 Å². The summed E-state index contributed by atoms with van der Waals surface area (Å²) >= 11 is 0. The van der Waals surface area contributed by atoms with Gasteiger partial charge in [0.25, 0.3) is 0 Å². The molecule has 2 amide bonds. The number of amides is 2. The van der Waals surface area contributed by atoms with E-state index in [9.17, 15) is 4.79 Å². The molecule has 1 aromatic heterocycles. The van der Waals surface area contributed by atoms with Gasteiger partial charge in [-0.3, -0.25) is 0 Å². The van der Waals surface area contributed by atoms with Crippen molar-refractivity contribution in [2.24, 2.45) is 0 Å². The first-order chi connectivity index (χ1) is 13.7. The van der Waals surface area contributed by atoms with E-state index in [1.807, 2.05) is 36.4 Å². The minimum absolute atomic E-state index is 0.134. The first kappa shape index (κ1) is 19.8. The fraction of sp³-hybridized carbons (Fsp3) is 0.318. The van der Waals surface area contributed by atoms with Crippen molar-refractivity contribution in [3.8, 4) is 0 Å². The van der Waals surface area contributed by atoms with Gasteiger partial charge in [0.05, 0.1) is 6.26 Å². The van der Waals surface area contributed by atoms with E-state index < -0.39 is 0 Å². The van der Waals surface area contributed by atoms with Crippen LogP contribution in [-0.4, -0.2) is 41.8 Å². The lowest BCUT2D eigenvalue weighted by Crippen LogP contribution is -2.49. The maximum atomic E-state index is 12.0. The van der Waals surface area contributed by atoms with Crippen LogP contribution in [0.25, 0.3) is 17.0 Å². The van der Waals surface area contributed by atoms with Crippen molar-refractivity contribution in [2.45, 2.75) is 25.3 Å². The van der Waals surface area contributed by atoms with Crippen LogP contribution in [0.1, 0.15) is 25.0 Å². The number of carbonyl (C=O) groups is 1. The van der Waals surface area contributed by atoms with E-state index in [1.54, 1.807) is 6.08 Å². The highest BCUT2D eigenvalue weighted by molar-refractivity contribution is 5.82. The Labute approximate surface area is 165 Å². The van der Waals surface area contributed by atoms with Crippen LogP contribution in [0.2, 0.25) is 0 Å². The topological polar surface area (TPSA) is 89.2 Å². The highest BCUT2D eigenvalue weighted by Gasteiger charge is 2.14. The zero-order valence-corrected chi connectivity index (χ0v) is 15.9. The van der Waals surface area contributed by atoms with Crippen molar-refractivity contribution < 1.29 is 9.90 Å². The lowest BCUT2D eigenvalue weighted by atomic mass is 10.1. The number of piperidine rings is 1. The maximum absolute atomic E-state index is 12.0. The smallest absolute Gasteiger partial charge is 0.315 e. The third-order valence-corrected chi connectivity index (χ3v) is 4.76. The molecule has 0 saturated carbocycles. The molecular weight excluding hydrogens is 352 g/mol. The highest BCUT2D eigenvalue weighted by Crippen LogP contribution is 2.16. The summed E-state index contributed by atoms with van der Waals surface area (Å²) in [6, 6.07) is 10.3. The van der Waals surface area contributed by atoms with Crippen LogP contribution in [-0.2, 0) is 0 Å². The molecule has 0 unspecified atom stereocenters. The van der Waals surface area contributed by atoms with Gasteiger partial charge in [-0.2, -0.15) is 0 Å². The van der Waals surface area contributed by atoms with Gasteiger partial charge in [0.1, 0.15) is 0 Å². The summed E-state index contributed by atoms with van der Waals surface area (Å²) in [7, 11) is 0. The molecule has 1 aliphatic heterocycles. The number of aliphatic hydroxyl groups excluding tert-OH is 1. The van der Waals surface area contributed by atoms with Crippen molar-refractivity contribution in [1.82, 2.24) is 20.9 Å². The molecule has 0 spiro atoms. The lowest BCUT2D eigenvalue weighted by Gasteiger charge is -2.23. The van der Waals surface area contributed by atoms with Crippen LogP contribution in [0.4, 0.5) is 4.79 Å². The Morgan fingerprint density at radius 3 is 3.00 bits per heavy atom. The second kappa shape index (κ2) is 10.4. The maximum Gasteiger partial charge on any atom is 0.315 e. The molecule has 1 aromatic carbocycles. The molecule has 1 saturated heterocycles. The molecule has 0 bridgehead atoms. The zero-order valence-electron chi connectivity index (χ0n) is 15.9. The predicted octanol–water partition coefficient (Wildman–Crippen LogP) is 3.62. The molecule has 1 aliphatic rings.